The van der Waals surface area contributed by atoms with Gasteiger partial charge in [0.25, 0.3) is 0 Å². The van der Waals surface area contributed by atoms with Gasteiger partial charge in [-0.1, -0.05) is 12.1 Å². The molecule has 0 saturated carbocycles. The minimum absolute atomic E-state index is 0.182. The van der Waals surface area contributed by atoms with Crippen molar-refractivity contribution < 1.29 is 8.42 Å². The summed E-state index contributed by atoms with van der Waals surface area (Å²) in [6, 6.07) is 7.64. The summed E-state index contributed by atoms with van der Waals surface area (Å²) in [5.41, 5.74) is 7.50. The number of nitrogens with zero attached hydrogens (tertiary/aromatic N) is 1. The molecule has 0 unspecified atom stereocenters. The molecule has 0 aromatic heterocycles. The van der Waals surface area contributed by atoms with E-state index >= 15 is 0 Å². The molecule has 88 valence electrons. The van der Waals surface area contributed by atoms with Crippen molar-refractivity contribution in [2.45, 2.75) is 12.8 Å². The van der Waals surface area contributed by atoms with Gasteiger partial charge in [0, 0.05) is 24.7 Å². The third-order valence-corrected chi connectivity index (χ3v) is 4.83. The molecule has 0 spiro atoms. The lowest BCUT2D eigenvalue weighted by Crippen LogP contribution is -2.48. The smallest absolute Gasteiger partial charge is 0.213 e. The van der Waals surface area contributed by atoms with E-state index in [1.165, 1.54) is 4.31 Å². The Bertz CT molecular complexity index is 461. The summed E-state index contributed by atoms with van der Waals surface area (Å²) >= 11 is 0. The molecule has 5 heteroatoms. The maximum atomic E-state index is 11.5. The topological polar surface area (TPSA) is 63.4 Å². The highest BCUT2D eigenvalue weighted by Crippen LogP contribution is 2.29. The average Bonchev–Trinajstić information content (AvgIpc) is 2.18. The summed E-state index contributed by atoms with van der Waals surface area (Å²) in [5, 5.41) is 0. The van der Waals surface area contributed by atoms with E-state index in [-0.39, 0.29) is 5.75 Å². The predicted molar refractivity (Wildman–Crippen MR) is 64.6 cm³/mol. The zero-order valence-corrected chi connectivity index (χ0v) is 10.1. The molecule has 1 fully saturated rings. The van der Waals surface area contributed by atoms with Crippen LogP contribution in [0.1, 0.15) is 18.4 Å². The Hall–Kier alpha value is -1.07. The largest absolute Gasteiger partial charge is 0.399 e. The van der Waals surface area contributed by atoms with Crippen molar-refractivity contribution >= 4 is 15.7 Å². The van der Waals surface area contributed by atoms with Crippen LogP contribution < -0.4 is 5.73 Å². The lowest BCUT2D eigenvalue weighted by molar-refractivity contribution is 0.264. The normalized spacial score (nSPS) is 18.3. The Morgan fingerprint density at radius 2 is 1.88 bits per heavy atom. The SMILES string of the molecule is CCS(=O)(=O)N1CC(c2ccc(N)cc2)C1. The highest BCUT2D eigenvalue weighted by atomic mass is 32.2. The molecule has 0 aliphatic carbocycles. The van der Waals surface area contributed by atoms with Crippen molar-refractivity contribution in [1.29, 1.82) is 0 Å². The second kappa shape index (κ2) is 4.07. The first-order valence-corrected chi connectivity index (χ1v) is 6.97. The van der Waals surface area contributed by atoms with Gasteiger partial charge in [0.2, 0.25) is 10.0 Å². The van der Waals surface area contributed by atoms with E-state index < -0.39 is 10.0 Å². The number of nitrogens with two attached hydrogens (primary N) is 1. The number of anilines is 1. The molecule has 1 saturated heterocycles. The van der Waals surface area contributed by atoms with Gasteiger partial charge in [-0.05, 0) is 24.6 Å². The van der Waals surface area contributed by atoms with E-state index in [9.17, 15) is 8.42 Å². The molecule has 4 nitrogen and oxygen atoms in total. The first-order valence-electron chi connectivity index (χ1n) is 5.36. The summed E-state index contributed by atoms with van der Waals surface area (Å²) in [4.78, 5) is 0. The van der Waals surface area contributed by atoms with Crippen molar-refractivity contribution in [2.75, 3.05) is 24.6 Å². The second-order valence-corrected chi connectivity index (χ2v) is 6.34. The van der Waals surface area contributed by atoms with Crippen molar-refractivity contribution in [3.63, 3.8) is 0 Å². The standard InChI is InChI=1S/C11H16N2O2S/c1-2-16(14,15)13-7-10(8-13)9-3-5-11(12)6-4-9/h3-6,10H,2,7-8,12H2,1H3. The Morgan fingerprint density at radius 1 is 1.31 bits per heavy atom. The van der Waals surface area contributed by atoms with Gasteiger partial charge in [-0.2, -0.15) is 0 Å². The molecular formula is C11H16N2O2S. The van der Waals surface area contributed by atoms with Crippen LogP contribution >= 0.6 is 0 Å². The zero-order chi connectivity index (χ0) is 11.8. The van der Waals surface area contributed by atoms with Crippen LogP contribution in [0.4, 0.5) is 5.69 Å². The Kier molecular flexibility index (Phi) is 2.90. The van der Waals surface area contributed by atoms with E-state index in [1.807, 2.05) is 24.3 Å². The van der Waals surface area contributed by atoms with Crippen LogP contribution in [0.5, 0.6) is 0 Å². The van der Waals surface area contributed by atoms with Crippen molar-refractivity contribution in [2.24, 2.45) is 0 Å². The van der Waals surface area contributed by atoms with Gasteiger partial charge < -0.3 is 5.73 Å². The summed E-state index contributed by atoms with van der Waals surface area (Å²) in [5.74, 6) is 0.503. The fraction of sp³-hybridized carbons (Fsp3) is 0.455. The van der Waals surface area contributed by atoms with Crippen molar-refractivity contribution in [3.05, 3.63) is 29.8 Å². The highest BCUT2D eigenvalue weighted by molar-refractivity contribution is 7.89. The number of sulfonamides is 1. The van der Waals surface area contributed by atoms with Gasteiger partial charge >= 0.3 is 0 Å². The first kappa shape index (κ1) is 11.4. The number of rotatable bonds is 3. The zero-order valence-electron chi connectivity index (χ0n) is 9.26. The fourth-order valence-corrected chi connectivity index (χ4v) is 3.01. The predicted octanol–water partition coefficient (Wildman–Crippen LogP) is 1.02. The van der Waals surface area contributed by atoms with Crippen LogP contribution in [-0.2, 0) is 10.0 Å². The summed E-state index contributed by atoms with van der Waals surface area (Å²) in [7, 11) is -3.00. The van der Waals surface area contributed by atoms with Crippen LogP contribution in [0.25, 0.3) is 0 Å². The highest BCUT2D eigenvalue weighted by Gasteiger charge is 2.35. The molecule has 1 aromatic carbocycles. The van der Waals surface area contributed by atoms with Gasteiger partial charge in [0.15, 0.2) is 0 Å². The fourth-order valence-electron chi connectivity index (χ4n) is 1.83. The number of hydrogen-bond donors (Lipinski definition) is 1. The number of nitrogen functional groups attached to an aromatic ring is 1. The average molecular weight is 240 g/mol. The summed E-state index contributed by atoms with van der Waals surface area (Å²) < 4.78 is 24.6. The molecule has 0 amide bonds. The molecule has 1 aliphatic heterocycles. The molecule has 1 aliphatic rings. The summed E-state index contributed by atoms with van der Waals surface area (Å²) in [6.45, 7) is 2.87. The first-order chi connectivity index (χ1) is 7.53. The van der Waals surface area contributed by atoms with Gasteiger partial charge in [0.1, 0.15) is 0 Å². The van der Waals surface area contributed by atoms with E-state index in [1.54, 1.807) is 6.92 Å². The Balaban J connectivity index is 2.01. The molecule has 2 rings (SSSR count). The number of benzene rings is 1. The van der Waals surface area contributed by atoms with E-state index in [0.29, 0.717) is 19.0 Å². The van der Waals surface area contributed by atoms with E-state index in [0.717, 1.165) is 11.3 Å². The van der Waals surface area contributed by atoms with Crippen LogP contribution in [0.15, 0.2) is 24.3 Å². The third kappa shape index (κ3) is 2.05. The molecule has 16 heavy (non-hydrogen) atoms. The molecule has 0 atom stereocenters. The van der Waals surface area contributed by atoms with Crippen molar-refractivity contribution in [1.82, 2.24) is 4.31 Å². The van der Waals surface area contributed by atoms with Gasteiger partial charge in [0.05, 0.1) is 5.75 Å². The van der Waals surface area contributed by atoms with Gasteiger partial charge in [-0.3, -0.25) is 0 Å². The Morgan fingerprint density at radius 3 is 2.38 bits per heavy atom. The lowest BCUT2D eigenvalue weighted by Gasteiger charge is -2.38. The minimum atomic E-state index is -3.00. The third-order valence-electron chi connectivity index (χ3n) is 3.01. The van der Waals surface area contributed by atoms with Crippen LogP contribution in [0.3, 0.4) is 0 Å². The van der Waals surface area contributed by atoms with E-state index in [4.69, 9.17) is 5.73 Å². The molecular weight excluding hydrogens is 224 g/mol. The van der Waals surface area contributed by atoms with Crippen LogP contribution in [0.2, 0.25) is 0 Å². The number of hydrogen-bond acceptors (Lipinski definition) is 3. The molecule has 1 aromatic rings. The maximum Gasteiger partial charge on any atom is 0.213 e. The van der Waals surface area contributed by atoms with E-state index in [2.05, 4.69) is 0 Å². The van der Waals surface area contributed by atoms with Crippen molar-refractivity contribution in [3.8, 4) is 0 Å². The molecule has 0 radical (unpaired) electrons. The quantitative estimate of drug-likeness (QED) is 0.802. The van der Waals surface area contributed by atoms with Crippen LogP contribution in [-0.4, -0.2) is 31.6 Å². The monoisotopic (exact) mass is 240 g/mol. The Labute approximate surface area is 96.1 Å². The molecule has 0 bridgehead atoms. The van der Waals surface area contributed by atoms with Gasteiger partial charge in [-0.15, -0.1) is 0 Å². The second-order valence-electron chi connectivity index (χ2n) is 4.08. The minimum Gasteiger partial charge on any atom is -0.399 e. The molecule has 2 N–H and O–H groups in total. The maximum absolute atomic E-state index is 11.5. The summed E-state index contributed by atoms with van der Waals surface area (Å²) in [6.07, 6.45) is 0. The lowest BCUT2D eigenvalue weighted by atomic mass is 9.94. The molecule has 1 heterocycles. The van der Waals surface area contributed by atoms with Gasteiger partial charge in [-0.25, -0.2) is 12.7 Å². The van der Waals surface area contributed by atoms with Crippen LogP contribution in [0, 0.1) is 0 Å².